The summed E-state index contributed by atoms with van der Waals surface area (Å²) in [6, 6.07) is 10.0. The van der Waals surface area contributed by atoms with Crippen LogP contribution in [-0.2, 0) is 17.1 Å². The molecule has 1 aromatic rings. The zero-order valence-corrected chi connectivity index (χ0v) is 8.47. The Morgan fingerprint density at radius 1 is 1.00 bits per heavy atom. The van der Waals surface area contributed by atoms with Crippen LogP contribution in [0.1, 0.15) is 0 Å². The molecular weight excluding hydrogens is 220 g/mol. The maximum Gasteiger partial charge on any atom is 2.00 e. The first-order valence-electron chi connectivity index (χ1n) is 3.90. The van der Waals surface area contributed by atoms with Gasteiger partial charge in [-0.25, -0.2) is 12.1 Å². The molecule has 0 heterocycles. The van der Waals surface area contributed by atoms with Crippen molar-refractivity contribution >= 4 is 0 Å². The van der Waals surface area contributed by atoms with Crippen molar-refractivity contribution in [3.05, 3.63) is 66.2 Å². The topological polar surface area (TPSA) is 46.1 Å². The number of allylic oxidation sites excluding steroid dienone is 5. The van der Waals surface area contributed by atoms with Crippen LogP contribution < -0.4 is 10.2 Å². The summed E-state index contributed by atoms with van der Waals surface area (Å²) in [7, 11) is 0. The average molecular weight is 229 g/mol. The molecule has 0 unspecified atom stereocenters. The molecule has 0 bridgehead atoms. The summed E-state index contributed by atoms with van der Waals surface area (Å²) in [6.07, 6.45) is 6.31. The molecule has 0 spiro atoms. The van der Waals surface area contributed by atoms with Crippen molar-refractivity contribution in [2.45, 2.75) is 0 Å². The SMILES string of the molecule is [Fe+2].[O-]C([O-])=C1C=CC=C1.c1cc[cH-]c1. The summed E-state index contributed by atoms with van der Waals surface area (Å²) in [4.78, 5) is 0. The van der Waals surface area contributed by atoms with Crippen molar-refractivity contribution in [1.82, 2.24) is 0 Å². The molecule has 0 saturated carbocycles. The van der Waals surface area contributed by atoms with Crippen molar-refractivity contribution in [3.8, 4) is 0 Å². The molecular formula is C11H9FeO2-. The van der Waals surface area contributed by atoms with E-state index in [0.717, 1.165) is 0 Å². The fourth-order valence-corrected chi connectivity index (χ4v) is 0.831. The Bertz CT molecular complexity index is 286. The predicted molar refractivity (Wildman–Crippen MR) is 47.3 cm³/mol. The Balaban J connectivity index is 0.000000246. The van der Waals surface area contributed by atoms with Crippen LogP contribution in [0.3, 0.4) is 0 Å². The van der Waals surface area contributed by atoms with E-state index in [4.69, 9.17) is 0 Å². The second kappa shape index (κ2) is 7.13. The van der Waals surface area contributed by atoms with Gasteiger partial charge in [-0.3, -0.25) is 0 Å². The van der Waals surface area contributed by atoms with Gasteiger partial charge in [-0.1, -0.05) is 24.3 Å². The van der Waals surface area contributed by atoms with Gasteiger partial charge in [0.25, 0.3) is 0 Å². The molecule has 0 atom stereocenters. The molecule has 14 heavy (non-hydrogen) atoms. The Hall–Kier alpha value is -1.31. The number of rotatable bonds is 0. The zero-order chi connectivity index (χ0) is 9.52. The summed E-state index contributed by atoms with van der Waals surface area (Å²) in [6.45, 7) is 0. The second-order valence-electron chi connectivity index (χ2n) is 2.42. The first-order chi connectivity index (χ1) is 6.30. The van der Waals surface area contributed by atoms with Crippen LogP contribution >= 0.6 is 0 Å². The van der Waals surface area contributed by atoms with E-state index >= 15 is 0 Å². The molecule has 0 fully saturated rings. The predicted octanol–water partition coefficient (Wildman–Crippen LogP) is 0.448. The number of hydrogen-bond acceptors (Lipinski definition) is 2. The molecule has 0 saturated heterocycles. The Kier molecular flexibility index (Phi) is 6.46. The third kappa shape index (κ3) is 4.65. The molecule has 0 aliphatic heterocycles. The molecule has 74 valence electrons. The monoisotopic (exact) mass is 229 g/mol. The van der Waals surface area contributed by atoms with Crippen LogP contribution in [0.15, 0.2) is 66.2 Å². The van der Waals surface area contributed by atoms with E-state index in [0.29, 0.717) is 0 Å². The van der Waals surface area contributed by atoms with E-state index in [1.165, 1.54) is 12.2 Å². The van der Waals surface area contributed by atoms with Crippen molar-refractivity contribution in [2.24, 2.45) is 0 Å². The number of hydrogen-bond donors (Lipinski definition) is 0. The van der Waals surface area contributed by atoms with E-state index in [1.54, 1.807) is 12.2 Å². The van der Waals surface area contributed by atoms with Crippen molar-refractivity contribution < 1.29 is 27.3 Å². The van der Waals surface area contributed by atoms with Crippen LogP contribution in [0.4, 0.5) is 0 Å². The first kappa shape index (κ1) is 12.7. The molecule has 1 aromatic carbocycles. The van der Waals surface area contributed by atoms with E-state index in [-0.39, 0.29) is 22.6 Å². The van der Waals surface area contributed by atoms with E-state index in [9.17, 15) is 10.2 Å². The first-order valence-corrected chi connectivity index (χ1v) is 3.90. The van der Waals surface area contributed by atoms with E-state index < -0.39 is 5.95 Å². The molecule has 2 rings (SSSR count). The summed E-state index contributed by atoms with van der Waals surface area (Å²) in [5.74, 6) is -1.12. The summed E-state index contributed by atoms with van der Waals surface area (Å²) < 4.78 is 0. The maximum absolute atomic E-state index is 9.95. The molecule has 0 N–H and O–H groups in total. The van der Waals surface area contributed by atoms with Gasteiger partial charge in [0.05, 0.1) is 0 Å². The Morgan fingerprint density at radius 3 is 1.71 bits per heavy atom. The molecule has 0 radical (unpaired) electrons. The fraction of sp³-hybridized carbons (Fsp3) is 0. The molecule has 3 heteroatoms. The largest absolute Gasteiger partial charge is 2.00 e. The van der Waals surface area contributed by atoms with Crippen LogP contribution in [0, 0.1) is 0 Å². The average Bonchev–Trinajstić information content (AvgIpc) is 2.82. The van der Waals surface area contributed by atoms with Crippen LogP contribution in [0.25, 0.3) is 0 Å². The van der Waals surface area contributed by atoms with Gasteiger partial charge >= 0.3 is 17.1 Å². The van der Waals surface area contributed by atoms with Gasteiger partial charge in [0.15, 0.2) is 0 Å². The summed E-state index contributed by atoms with van der Waals surface area (Å²) in [5, 5.41) is 19.9. The standard InChI is InChI=1S/C6H6O2.C5H5.Fe/c7-6(8)5-3-1-2-4-5;1-2-4-5-3-1;/h1-4,7-8H;1-5H;/q;-1;+2/p-2. The molecule has 2 nitrogen and oxygen atoms in total. The molecule has 1 aliphatic carbocycles. The summed E-state index contributed by atoms with van der Waals surface area (Å²) in [5.41, 5.74) is 0.241. The quantitative estimate of drug-likeness (QED) is 0.368. The van der Waals surface area contributed by atoms with Crippen molar-refractivity contribution in [2.75, 3.05) is 0 Å². The normalized spacial score (nSPS) is 11.6. The fourth-order valence-electron chi connectivity index (χ4n) is 0.831. The van der Waals surface area contributed by atoms with Gasteiger partial charge in [-0.05, 0) is 5.57 Å². The van der Waals surface area contributed by atoms with Gasteiger partial charge in [0, 0.05) is 0 Å². The molecule has 0 amide bonds. The van der Waals surface area contributed by atoms with Gasteiger partial charge in [0.2, 0.25) is 0 Å². The van der Waals surface area contributed by atoms with Crippen molar-refractivity contribution in [3.63, 3.8) is 0 Å². The third-order valence-corrected chi connectivity index (χ3v) is 1.45. The minimum Gasteiger partial charge on any atom is -0.884 e. The molecule has 0 aromatic heterocycles. The van der Waals surface area contributed by atoms with Gasteiger partial charge in [-0.2, -0.15) is 24.1 Å². The van der Waals surface area contributed by atoms with E-state index in [1.807, 2.05) is 30.3 Å². The van der Waals surface area contributed by atoms with Crippen LogP contribution in [0.2, 0.25) is 0 Å². The van der Waals surface area contributed by atoms with Crippen molar-refractivity contribution in [1.29, 1.82) is 0 Å². The summed E-state index contributed by atoms with van der Waals surface area (Å²) >= 11 is 0. The maximum atomic E-state index is 9.95. The Labute approximate surface area is 93.7 Å². The van der Waals surface area contributed by atoms with Gasteiger partial charge < -0.3 is 10.2 Å². The minimum absolute atomic E-state index is 0. The molecule has 1 aliphatic rings. The van der Waals surface area contributed by atoms with E-state index in [2.05, 4.69) is 0 Å². The van der Waals surface area contributed by atoms with Gasteiger partial charge in [0.1, 0.15) is 0 Å². The zero-order valence-electron chi connectivity index (χ0n) is 7.37. The van der Waals surface area contributed by atoms with Gasteiger partial charge in [-0.15, -0.1) is 0 Å². The van der Waals surface area contributed by atoms with Crippen LogP contribution in [-0.4, -0.2) is 0 Å². The third-order valence-electron chi connectivity index (χ3n) is 1.45. The smallest absolute Gasteiger partial charge is 0.884 e. The second-order valence-corrected chi connectivity index (χ2v) is 2.42. The van der Waals surface area contributed by atoms with Crippen LogP contribution in [0.5, 0.6) is 0 Å². The minimum atomic E-state index is -1.12. The Morgan fingerprint density at radius 2 is 1.50 bits per heavy atom.